The number of hydrogen-bond donors (Lipinski definition) is 1. The summed E-state index contributed by atoms with van der Waals surface area (Å²) in [4.78, 5) is 44.9. The number of likely N-dealkylation sites (tertiary alicyclic amines) is 1. The minimum atomic E-state index is -0.811. The summed E-state index contributed by atoms with van der Waals surface area (Å²) in [6.07, 6.45) is 5.48. The highest BCUT2D eigenvalue weighted by Gasteiger charge is 2.51. The van der Waals surface area contributed by atoms with Crippen molar-refractivity contribution < 1.29 is 14.4 Å². The van der Waals surface area contributed by atoms with Crippen LogP contribution in [0.2, 0.25) is 0 Å². The Balaban J connectivity index is 1.59. The zero-order valence-corrected chi connectivity index (χ0v) is 17.7. The molecule has 0 radical (unpaired) electrons. The number of carbonyl (C=O) groups excluding carboxylic acids is 3. The maximum Gasteiger partial charge on any atom is 0.249 e. The number of rotatable bonds is 5. The first-order chi connectivity index (χ1) is 13.8. The normalized spacial score (nSPS) is 22.4. The minimum absolute atomic E-state index is 0.158. The number of hydrogen-bond acceptors (Lipinski definition) is 5. The molecule has 6 nitrogen and oxygen atoms in total. The number of nitrogens with one attached hydrogen (secondary N) is 1. The lowest BCUT2D eigenvalue weighted by molar-refractivity contribution is -0.147. The molecule has 152 valence electrons. The number of fused-ring (bicyclic) bond motifs is 2. The summed E-state index contributed by atoms with van der Waals surface area (Å²) >= 11 is 1.40. The lowest BCUT2D eigenvalue weighted by atomic mass is 9.85. The number of aromatic nitrogens is 1. The van der Waals surface area contributed by atoms with E-state index in [9.17, 15) is 14.4 Å². The molecule has 1 saturated heterocycles. The average Bonchev–Trinajstić information content (AvgIpc) is 3.18. The molecule has 29 heavy (non-hydrogen) atoms. The third-order valence-corrected chi connectivity index (χ3v) is 6.56. The number of carbonyl (C=O) groups is 3. The SMILES string of the molecule is Cc1ccc2nc(NC(=O)[C@H](CC(C)C)N3C(=O)[C@@H]4CC=CC[C@H]4C3=O)sc2c1. The quantitative estimate of drug-likeness (QED) is 0.598. The molecule has 1 aromatic heterocycles. The lowest BCUT2D eigenvalue weighted by Gasteiger charge is -2.26. The van der Waals surface area contributed by atoms with Crippen LogP contribution in [0.1, 0.15) is 38.7 Å². The number of amides is 3. The maximum atomic E-state index is 13.2. The van der Waals surface area contributed by atoms with Gasteiger partial charge in [0.05, 0.1) is 22.1 Å². The first-order valence-corrected chi connectivity index (χ1v) is 10.9. The number of allylic oxidation sites excluding steroid dienone is 2. The number of imide groups is 1. The van der Waals surface area contributed by atoms with Crippen molar-refractivity contribution in [2.75, 3.05) is 5.32 Å². The molecule has 2 aliphatic rings. The van der Waals surface area contributed by atoms with Crippen LogP contribution >= 0.6 is 11.3 Å². The molecule has 2 heterocycles. The number of aryl methyl sites for hydroxylation is 1. The summed E-state index contributed by atoms with van der Waals surface area (Å²) in [5, 5.41) is 3.35. The number of benzene rings is 1. The predicted molar refractivity (Wildman–Crippen MR) is 113 cm³/mol. The molecule has 2 aromatic rings. The molecule has 0 unspecified atom stereocenters. The van der Waals surface area contributed by atoms with Gasteiger partial charge in [0, 0.05) is 0 Å². The van der Waals surface area contributed by atoms with Gasteiger partial charge in [0.2, 0.25) is 17.7 Å². The second-order valence-corrected chi connectivity index (χ2v) is 9.36. The summed E-state index contributed by atoms with van der Waals surface area (Å²) < 4.78 is 0.992. The molecule has 1 aliphatic heterocycles. The molecule has 1 N–H and O–H groups in total. The molecule has 3 atom stereocenters. The van der Waals surface area contributed by atoms with Crippen LogP contribution in [0.4, 0.5) is 5.13 Å². The fourth-order valence-electron chi connectivity index (χ4n) is 4.18. The second-order valence-electron chi connectivity index (χ2n) is 8.33. The van der Waals surface area contributed by atoms with E-state index in [1.54, 1.807) is 0 Å². The molecule has 1 aliphatic carbocycles. The van der Waals surface area contributed by atoms with Gasteiger partial charge in [-0.1, -0.05) is 43.4 Å². The third-order valence-electron chi connectivity index (χ3n) is 5.62. The highest BCUT2D eigenvalue weighted by Crippen LogP contribution is 2.37. The van der Waals surface area contributed by atoms with E-state index in [-0.39, 0.29) is 35.5 Å². The van der Waals surface area contributed by atoms with Gasteiger partial charge in [-0.05, 0) is 49.8 Å². The number of nitrogens with zero attached hydrogens (tertiary/aromatic N) is 2. The van der Waals surface area contributed by atoms with Crippen LogP contribution in [0.5, 0.6) is 0 Å². The topological polar surface area (TPSA) is 79.4 Å². The molecule has 0 saturated carbocycles. The van der Waals surface area contributed by atoms with Crippen LogP contribution in [-0.4, -0.2) is 33.6 Å². The lowest BCUT2D eigenvalue weighted by Crippen LogP contribution is -2.48. The molecule has 7 heteroatoms. The van der Waals surface area contributed by atoms with E-state index >= 15 is 0 Å². The smallest absolute Gasteiger partial charge is 0.249 e. The van der Waals surface area contributed by atoms with Crippen molar-refractivity contribution in [2.45, 2.75) is 46.1 Å². The Kier molecular flexibility index (Phi) is 5.25. The summed E-state index contributed by atoms with van der Waals surface area (Å²) in [7, 11) is 0. The van der Waals surface area contributed by atoms with E-state index in [1.165, 1.54) is 16.2 Å². The Bertz CT molecular complexity index is 984. The molecule has 4 rings (SSSR count). The monoisotopic (exact) mass is 411 g/mol. The van der Waals surface area contributed by atoms with E-state index in [4.69, 9.17) is 0 Å². The Labute approximate surface area is 174 Å². The van der Waals surface area contributed by atoms with Gasteiger partial charge < -0.3 is 5.32 Å². The third kappa shape index (κ3) is 3.71. The molecule has 0 spiro atoms. The van der Waals surface area contributed by atoms with Gasteiger partial charge in [0.25, 0.3) is 0 Å². The van der Waals surface area contributed by atoms with E-state index in [0.29, 0.717) is 24.4 Å². The van der Waals surface area contributed by atoms with E-state index in [2.05, 4.69) is 10.3 Å². The van der Waals surface area contributed by atoms with Gasteiger partial charge in [0.15, 0.2) is 5.13 Å². The Morgan fingerprint density at radius 1 is 1.21 bits per heavy atom. The highest BCUT2D eigenvalue weighted by molar-refractivity contribution is 7.22. The van der Waals surface area contributed by atoms with E-state index in [0.717, 1.165) is 15.8 Å². The summed E-state index contributed by atoms with van der Waals surface area (Å²) in [5.41, 5.74) is 1.95. The summed E-state index contributed by atoms with van der Waals surface area (Å²) in [5.74, 6) is -1.29. The van der Waals surface area contributed by atoms with Crippen LogP contribution in [0, 0.1) is 24.7 Å². The van der Waals surface area contributed by atoms with Crippen LogP contribution in [0.15, 0.2) is 30.4 Å². The average molecular weight is 412 g/mol. The second kappa shape index (κ2) is 7.71. The molecule has 1 aromatic carbocycles. The van der Waals surface area contributed by atoms with Gasteiger partial charge in [-0.15, -0.1) is 0 Å². The zero-order chi connectivity index (χ0) is 20.7. The summed E-state index contributed by atoms with van der Waals surface area (Å²) in [6, 6.07) is 5.12. The van der Waals surface area contributed by atoms with E-state index < -0.39 is 6.04 Å². The molecular weight excluding hydrogens is 386 g/mol. The van der Waals surface area contributed by atoms with Gasteiger partial charge in [-0.25, -0.2) is 4.98 Å². The van der Waals surface area contributed by atoms with Gasteiger partial charge in [-0.3, -0.25) is 19.3 Å². The van der Waals surface area contributed by atoms with Crippen molar-refractivity contribution in [1.82, 2.24) is 9.88 Å². The first kappa shape index (κ1) is 19.8. The Morgan fingerprint density at radius 3 is 2.48 bits per heavy atom. The van der Waals surface area contributed by atoms with Crippen LogP contribution in [-0.2, 0) is 14.4 Å². The highest BCUT2D eigenvalue weighted by atomic mass is 32.1. The van der Waals surface area contributed by atoms with Crippen molar-refractivity contribution in [3.05, 3.63) is 35.9 Å². The van der Waals surface area contributed by atoms with E-state index in [1.807, 2.05) is 51.1 Å². The summed E-state index contributed by atoms with van der Waals surface area (Å²) in [6.45, 7) is 5.98. The van der Waals surface area contributed by atoms with Crippen LogP contribution < -0.4 is 5.32 Å². The van der Waals surface area contributed by atoms with Crippen molar-refractivity contribution in [3.63, 3.8) is 0 Å². The van der Waals surface area contributed by atoms with Crippen molar-refractivity contribution in [1.29, 1.82) is 0 Å². The van der Waals surface area contributed by atoms with Crippen molar-refractivity contribution in [2.24, 2.45) is 17.8 Å². The predicted octanol–water partition coefficient (Wildman–Crippen LogP) is 3.91. The standard InChI is InChI=1S/C22H25N3O3S/c1-12(2)10-17(25-20(27)14-6-4-5-7-15(14)21(25)28)19(26)24-22-23-16-9-8-13(3)11-18(16)29-22/h4-5,8-9,11-12,14-15,17H,6-7,10H2,1-3H3,(H,23,24,26)/t14-,15-,17+/m1/s1. The van der Waals surface area contributed by atoms with Crippen LogP contribution in [0.25, 0.3) is 10.2 Å². The van der Waals surface area contributed by atoms with Crippen molar-refractivity contribution in [3.8, 4) is 0 Å². The molecule has 0 bridgehead atoms. The molecule has 1 fully saturated rings. The molecular formula is C22H25N3O3S. The zero-order valence-electron chi connectivity index (χ0n) is 16.8. The molecule has 3 amide bonds. The van der Waals surface area contributed by atoms with Gasteiger partial charge in [0.1, 0.15) is 6.04 Å². The van der Waals surface area contributed by atoms with Gasteiger partial charge in [-0.2, -0.15) is 0 Å². The Hall–Kier alpha value is -2.54. The van der Waals surface area contributed by atoms with Gasteiger partial charge >= 0.3 is 0 Å². The van der Waals surface area contributed by atoms with Crippen molar-refractivity contribution >= 4 is 44.4 Å². The Morgan fingerprint density at radius 2 is 1.86 bits per heavy atom. The minimum Gasteiger partial charge on any atom is -0.300 e. The fourth-order valence-corrected chi connectivity index (χ4v) is 5.15. The largest absolute Gasteiger partial charge is 0.300 e. The van der Waals surface area contributed by atoms with Crippen LogP contribution in [0.3, 0.4) is 0 Å². The first-order valence-electron chi connectivity index (χ1n) is 10.0. The number of thiazole rings is 1. The maximum absolute atomic E-state index is 13.2. The number of anilines is 1. The fraction of sp³-hybridized carbons (Fsp3) is 0.455.